The van der Waals surface area contributed by atoms with E-state index in [0.29, 0.717) is 0 Å². The summed E-state index contributed by atoms with van der Waals surface area (Å²) in [5.41, 5.74) is 7.26. The van der Waals surface area contributed by atoms with Gasteiger partial charge in [0, 0.05) is 32.7 Å². The first-order valence-electron chi connectivity index (χ1n) is 13.6. The number of hydrogen-bond acceptors (Lipinski definition) is 3. The van der Waals surface area contributed by atoms with Gasteiger partial charge in [-0.05, 0) is 69.1 Å². The van der Waals surface area contributed by atoms with Crippen LogP contribution >= 0.6 is 11.3 Å². The summed E-state index contributed by atoms with van der Waals surface area (Å²) < 4.78 is 1.31. The van der Waals surface area contributed by atoms with Crippen molar-refractivity contribution in [2.75, 3.05) is 16.8 Å². The largest absolute Gasteiger partial charge is 0.371 e. The SMILES string of the molecule is C1=C(N(c2ccc(-c3ccccc3)cc2)c2ccc3ccc4ccccc4c3c2)CNc2sc3ccccc3c21. The molecule has 8 rings (SSSR count). The van der Waals surface area contributed by atoms with E-state index in [1.165, 1.54) is 59.0 Å². The van der Waals surface area contributed by atoms with Gasteiger partial charge >= 0.3 is 0 Å². The molecule has 190 valence electrons. The van der Waals surface area contributed by atoms with Gasteiger partial charge in [-0.2, -0.15) is 0 Å². The Morgan fingerprint density at radius 3 is 2.05 bits per heavy atom. The summed E-state index contributed by atoms with van der Waals surface area (Å²) in [6, 6.07) is 48.2. The van der Waals surface area contributed by atoms with Gasteiger partial charge in [0.1, 0.15) is 0 Å². The van der Waals surface area contributed by atoms with Gasteiger partial charge < -0.3 is 10.2 Å². The second-order valence-corrected chi connectivity index (χ2v) is 11.3. The molecule has 3 heteroatoms. The molecule has 1 aliphatic rings. The molecule has 0 amide bonds. The zero-order chi connectivity index (χ0) is 26.5. The van der Waals surface area contributed by atoms with Gasteiger partial charge in [0.15, 0.2) is 0 Å². The van der Waals surface area contributed by atoms with Crippen LogP contribution in [0.25, 0.3) is 48.8 Å². The number of anilines is 3. The molecule has 0 bridgehead atoms. The first-order chi connectivity index (χ1) is 19.8. The molecule has 0 unspecified atom stereocenters. The molecule has 0 radical (unpaired) electrons. The van der Waals surface area contributed by atoms with E-state index in [9.17, 15) is 0 Å². The van der Waals surface area contributed by atoms with E-state index < -0.39 is 0 Å². The van der Waals surface area contributed by atoms with Crippen molar-refractivity contribution in [3.8, 4) is 11.1 Å². The average molecular weight is 531 g/mol. The lowest BCUT2D eigenvalue weighted by Gasteiger charge is -2.31. The first-order valence-corrected chi connectivity index (χ1v) is 14.5. The quantitative estimate of drug-likeness (QED) is 0.228. The van der Waals surface area contributed by atoms with Crippen molar-refractivity contribution in [3.63, 3.8) is 0 Å². The highest BCUT2D eigenvalue weighted by atomic mass is 32.1. The molecule has 7 aromatic rings. The van der Waals surface area contributed by atoms with E-state index in [1.54, 1.807) is 0 Å². The van der Waals surface area contributed by atoms with E-state index in [-0.39, 0.29) is 0 Å². The molecule has 0 saturated heterocycles. The third kappa shape index (κ3) is 3.86. The van der Waals surface area contributed by atoms with Gasteiger partial charge in [-0.15, -0.1) is 11.3 Å². The van der Waals surface area contributed by atoms with Gasteiger partial charge in [-0.25, -0.2) is 0 Å². The first kappa shape index (κ1) is 23.1. The second kappa shape index (κ2) is 9.41. The van der Waals surface area contributed by atoms with Gasteiger partial charge in [0.05, 0.1) is 11.5 Å². The Morgan fingerprint density at radius 2 is 1.20 bits per heavy atom. The average Bonchev–Trinajstić information content (AvgIpc) is 3.40. The lowest BCUT2D eigenvalue weighted by atomic mass is 10.0. The van der Waals surface area contributed by atoms with Gasteiger partial charge in [-0.3, -0.25) is 0 Å². The Labute approximate surface area is 237 Å². The zero-order valence-corrected chi connectivity index (χ0v) is 22.7. The summed E-state index contributed by atoms with van der Waals surface area (Å²) in [7, 11) is 0. The minimum atomic E-state index is 0.758. The minimum absolute atomic E-state index is 0.758. The van der Waals surface area contributed by atoms with Crippen molar-refractivity contribution >= 4 is 65.4 Å². The number of nitrogens with zero attached hydrogens (tertiary/aromatic N) is 1. The smallest absolute Gasteiger partial charge is 0.0972 e. The minimum Gasteiger partial charge on any atom is -0.371 e. The van der Waals surface area contributed by atoms with E-state index >= 15 is 0 Å². The maximum absolute atomic E-state index is 3.73. The summed E-state index contributed by atoms with van der Waals surface area (Å²) >= 11 is 1.83. The third-order valence-corrected chi connectivity index (χ3v) is 9.03. The Balaban J connectivity index is 1.31. The predicted octanol–water partition coefficient (Wildman–Crippen LogP) is 10.5. The topological polar surface area (TPSA) is 15.3 Å². The van der Waals surface area contributed by atoms with E-state index in [2.05, 4.69) is 150 Å². The van der Waals surface area contributed by atoms with Crippen molar-refractivity contribution in [1.82, 2.24) is 0 Å². The number of hydrogen-bond donors (Lipinski definition) is 1. The predicted molar refractivity (Wildman–Crippen MR) is 174 cm³/mol. The highest BCUT2D eigenvalue weighted by molar-refractivity contribution is 7.23. The zero-order valence-electron chi connectivity index (χ0n) is 21.8. The van der Waals surface area contributed by atoms with Crippen LogP contribution in [0.5, 0.6) is 0 Å². The monoisotopic (exact) mass is 530 g/mol. The van der Waals surface area contributed by atoms with Crippen LogP contribution in [-0.2, 0) is 0 Å². The van der Waals surface area contributed by atoms with Crippen LogP contribution in [0.1, 0.15) is 5.56 Å². The molecule has 1 aromatic heterocycles. The van der Waals surface area contributed by atoms with Crippen molar-refractivity contribution in [3.05, 3.63) is 145 Å². The Kier molecular flexibility index (Phi) is 5.42. The van der Waals surface area contributed by atoms with Crippen LogP contribution in [0.4, 0.5) is 16.4 Å². The second-order valence-electron chi connectivity index (χ2n) is 10.3. The molecule has 0 spiro atoms. The Hall–Kier alpha value is -4.86. The standard InChI is InChI=1S/C37H26N2S/c1-2-8-25(9-3-1)26-16-19-29(20-17-26)39(31-23-35-33-12-6-7-13-36(33)40-37(35)38-24-31)30-21-18-28-15-14-27-10-4-5-11-32(27)34(28)22-30/h1-23,38H,24H2. The van der Waals surface area contributed by atoms with Crippen LogP contribution < -0.4 is 10.2 Å². The van der Waals surface area contributed by atoms with Gasteiger partial charge in [0.25, 0.3) is 0 Å². The normalized spacial score (nSPS) is 12.8. The van der Waals surface area contributed by atoms with Gasteiger partial charge in [-0.1, -0.05) is 103 Å². The fourth-order valence-electron chi connectivity index (χ4n) is 5.92. The molecular weight excluding hydrogens is 504 g/mol. The molecule has 0 aliphatic carbocycles. The summed E-state index contributed by atoms with van der Waals surface area (Å²) in [4.78, 5) is 2.42. The fraction of sp³-hybridized carbons (Fsp3) is 0.0270. The van der Waals surface area contributed by atoms with Crippen molar-refractivity contribution in [2.24, 2.45) is 0 Å². The van der Waals surface area contributed by atoms with E-state index in [4.69, 9.17) is 0 Å². The lowest BCUT2D eigenvalue weighted by Crippen LogP contribution is -2.24. The van der Waals surface area contributed by atoms with Crippen molar-refractivity contribution < 1.29 is 0 Å². The summed E-state index contributed by atoms with van der Waals surface area (Å²) in [5, 5.41) is 11.3. The van der Waals surface area contributed by atoms with E-state index in [0.717, 1.165) is 17.9 Å². The lowest BCUT2D eigenvalue weighted by molar-refractivity contribution is 1.09. The number of fused-ring (bicyclic) bond motifs is 6. The number of nitrogens with one attached hydrogen (secondary N) is 1. The van der Waals surface area contributed by atoms with Crippen LogP contribution in [0.3, 0.4) is 0 Å². The number of thiophene rings is 1. The van der Waals surface area contributed by atoms with Crippen LogP contribution in [0.15, 0.2) is 139 Å². The summed E-state index contributed by atoms with van der Waals surface area (Å²) in [6.45, 7) is 0.758. The molecule has 0 fully saturated rings. The maximum Gasteiger partial charge on any atom is 0.0972 e. The molecule has 40 heavy (non-hydrogen) atoms. The highest BCUT2D eigenvalue weighted by Gasteiger charge is 2.22. The molecule has 2 heterocycles. The van der Waals surface area contributed by atoms with Gasteiger partial charge in [0.2, 0.25) is 0 Å². The third-order valence-electron chi connectivity index (χ3n) is 7.88. The van der Waals surface area contributed by atoms with Crippen LogP contribution in [0.2, 0.25) is 0 Å². The molecular formula is C37H26N2S. The van der Waals surface area contributed by atoms with Crippen LogP contribution in [-0.4, -0.2) is 6.54 Å². The molecule has 0 atom stereocenters. The molecule has 2 nitrogen and oxygen atoms in total. The molecule has 1 aliphatic heterocycles. The fourth-order valence-corrected chi connectivity index (χ4v) is 6.99. The van der Waals surface area contributed by atoms with Crippen molar-refractivity contribution in [2.45, 2.75) is 0 Å². The number of benzene rings is 6. The molecule has 0 saturated carbocycles. The Morgan fingerprint density at radius 1 is 0.550 bits per heavy atom. The molecule has 6 aromatic carbocycles. The van der Waals surface area contributed by atoms with Crippen LogP contribution in [0, 0.1) is 0 Å². The summed E-state index contributed by atoms with van der Waals surface area (Å²) in [6.07, 6.45) is 2.38. The van der Waals surface area contributed by atoms with Crippen molar-refractivity contribution in [1.29, 1.82) is 0 Å². The highest BCUT2D eigenvalue weighted by Crippen LogP contribution is 2.42. The van der Waals surface area contributed by atoms with E-state index in [1.807, 2.05) is 11.3 Å². The maximum atomic E-state index is 3.73. The Bertz CT molecular complexity index is 2050. The molecule has 1 N–H and O–H groups in total. The number of rotatable bonds is 4. The summed E-state index contributed by atoms with van der Waals surface area (Å²) in [5.74, 6) is 0.